The Balaban J connectivity index is 1.82. The highest BCUT2D eigenvalue weighted by Crippen LogP contribution is 2.20. The second-order valence-corrected chi connectivity index (χ2v) is 6.22. The lowest BCUT2D eigenvalue weighted by molar-refractivity contribution is 0.238. The van der Waals surface area contributed by atoms with Crippen LogP contribution in [-0.4, -0.2) is 36.1 Å². The summed E-state index contributed by atoms with van der Waals surface area (Å²) in [4.78, 5) is 5.14. The molecule has 1 heterocycles. The zero-order valence-corrected chi connectivity index (χ0v) is 13.4. The largest absolute Gasteiger partial charge is 0.289 e. The van der Waals surface area contributed by atoms with Crippen LogP contribution in [0.3, 0.4) is 0 Å². The Kier molecular flexibility index (Phi) is 6.06. The molecule has 0 amide bonds. The summed E-state index contributed by atoms with van der Waals surface area (Å²) in [5.74, 6) is 0.681. The van der Waals surface area contributed by atoms with Crippen LogP contribution in [0, 0.1) is 0 Å². The Morgan fingerprint density at radius 1 is 1.05 bits per heavy atom. The van der Waals surface area contributed by atoms with Crippen molar-refractivity contribution in [1.29, 1.82) is 0 Å². The molecule has 1 fully saturated rings. The highest BCUT2D eigenvalue weighted by molar-refractivity contribution is 5.25. The predicted octanol–water partition coefficient (Wildman–Crippen LogP) is 4.08. The smallest absolute Gasteiger partial charge is 0.0510 e. The Labute approximate surface area is 124 Å². The fraction of sp³-hybridized carbons (Fsp3) is 0.667. The first-order valence-corrected chi connectivity index (χ1v) is 8.26. The van der Waals surface area contributed by atoms with Gasteiger partial charge >= 0.3 is 0 Å². The quantitative estimate of drug-likeness (QED) is 0.739. The molecular weight excluding hydrogens is 244 g/mol. The molecule has 2 nitrogen and oxygen atoms in total. The molecule has 1 aromatic carbocycles. The van der Waals surface area contributed by atoms with Gasteiger partial charge in [-0.2, -0.15) is 0 Å². The van der Waals surface area contributed by atoms with Crippen molar-refractivity contribution in [3.8, 4) is 0 Å². The molecule has 0 bridgehead atoms. The van der Waals surface area contributed by atoms with Gasteiger partial charge in [0.15, 0.2) is 0 Å². The monoisotopic (exact) mass is 274 g/mol. The average Bonchev–Trinajstić information content (AvgIpc) is 2.92. The van der Waals surface area contributed by atoms with Gasteiger partial charge in [0, 0.05) is 19.6 Å². The molecule has 0 N–H and O–H groups in total. The number of hydrogen-bond donors (Lipinski definition) is 0. The van der Waals surface area contributed by atoms with E-state index in [1.807, 2.05) is 0 Å². The molecule has 2 heteroatoms. The van der Waals surface area contributed by atoms with Crippen LogP contribution in [0.4, 0.5) is 0 Å². The van der Waals surface area contributed by atoms with E-state index < -0.39 is 0 Å². The SMILES string of the molecule is CCCCN1CCN(Cc2ccc(C(C)CC)cc2)C1. The lowest BCUT2D eigenvalue weighted by Crippen LogP contribution is -2.26. The first kappa shape index (κ1) is 15.5. The van der Waals surface area contributed by atoms with Crippen molar-refractivity contribution >= 4 is 0 Å². The van der Waals surface area contributed by atoms with E-state index in [1.54, 1.807) is 0 Å². The zero-order valence-electron chi connectivity index (χ0n) is 13.4. The van der Waals surface area contributed by atoms with E-state index in [4.69, 9.17) is 0 Å². The Bertz CT molecular complexity index is 385. The number of nitrogens with zero attached hydrogens (tertiary/aromatic N) is 2. The average molecular weight is 274 g/mol. The second kappa shape index (κ2) is 7.80. The summed E-state index contributed by atoms with van der Waals surface area (Å²) < 4.78 is 0. The molecule has 112 valence electrons. The molecule has 20 heavy (non-hydrogen) atoms. The van der Waals surface area contributed by atoms with Gasteiger partial charge in [-0.1, -0.05) is 51.5 Å². The number of rotatable bonds is 7. The summed E-state index contributed by atoms with van der Waals surface area (Å²) in [6, 6.07) is 9.26. The predicted molar refractivity (Wildman–Crippen MR) is 86.9 cm³/mol. The van der Waals surface area contributed by atoms with Crippen molar-refractivity contribution in [2.75, 3.05) is 26.3 Å². The van der Waals surface area contributed by atoms with E-state index in [0.717, 1.165) is 13.2 Å². The van der Waals surface area contributed by atoms with Crippen molar-refractivity contribution in [2.45, 2.75) is 52.5 Å². The Morgan fingerprint density at radius 2 is 1.75 bits per heavy atom. The fourth-order valence-corrected chi connectivity index (χ4v) is 2.85. The van der Waals surface area contributed by atoms with Crippen molar-refractivity contribution < 1.29 is 0 Å². The lowest BCUT2D eigenvalue weighted by Gasteiger charge is -2.18. The first-order valence-electron chi connectivity index (χ1n) is 8.26. The van der Waals surface area contributed by atoms with Crippen LogP contribution in [-0.2, 0) is 6.54 Å². The van der Waals surface area contributed by atoms with E-state index in [9.17, 15) is 0 Å². The highest BCUT2D eigenvalue weighted by Gasteiger charge is 2.19. The van der Waals surface area contributed by atoms with Crippen LogP contribution in [0.1, 0.15) is 57.1 Å². The van der Waals surface area contributed by atoms with Gasteiger partial charge in [0.1, 0.15) is 0 Å². The maximum absolute atomic E-state index is 2.58. The Hall–Kier alpha value is -0.860. The molecule has 1 aliphatic rings. The van der Waals surface area contributed by atoms with Gasteiger partial charge in [-0.15, -0.1) is 0 Å². The van der Waals surface area contributed by atoms with E-state index in [0.29, 0.717) is 5.92 Å². The molecule has 0 aromatic heterocycles. The van der Waals surface area contributed by atoms with Gasteiger partial charge in [0.25, 0.3) is 0 Å². The number of unbranched alkanes of at least 4 members (excludes halogenated alkanes) is 1. The summed E-state index contributed by atoms with van der Waals surface area (Å²) in [5.41, 5.74) is 2.93. The third-order valence-electron chi connectivity index (χ3n) is 4.53. The van der Waals surface area contributed by atoms with Gasteiger partial charge in [-0.05, 0) is 36.4 Å². The zero-order chi connectivity index (χ0) is 14.4. The van der Waals surface area contributed by atoms with E-state index >= 15 is 0 Å². The normalized spacial score (nSPS) is 18.6. The third kappa shape index (κ3) is 4.32. The number of hydrogen-bond acceptors (Lipinski definition) is 2. The maximum atomic E-state index is 2.58. The van der Waals surface area contributed by atoms with Crippen LogP contribution in [0.15, 0.2) is 24.3 Å². The topological polar surface area (TPSA) is 6.48 Å². The standard InChI is InChI=1S/C18H30N2/c1-4-6-11-19-12-13-20(15-19)14-17-7-9-18(10-8-17)16(3)5-2/h7-10,16H,4-6,11-15H2,1-3H3. The molecule has 1 unspecified atom stereocenters. The van der Waals surface area contributed by atoms with Crippen molar-refractivity contribution in [3.63, 3.8) is 0 Å². The van der Waals surface area contributed by atoms with Gasteiger partial charge in [-0.25, -0.2) is 0 Å². The molecule has 1 atom stereocenters. The van der Waals surface area contributed by atoms with Crippen LogP contribution in [0.25, 0.3) is 0 Å². The summed E-state index contributed by atoms with van der Waals surface area (Å²) in [7, 11) is 0. The summed E-state index contributed by atoms with van der Waals surface area (Å²) in [6.07, 6.45) is 3.85. The lowest BCUT2D eigenvalue weighted by atomic mass is 9.97. The van der Waals surface area contributed by atoms with Crippen LogP contribution < -0.4 is 0 Å². The van der Waals surface area contributed by atoms with Gasteiger partial charge in [-0.3, -0.25) is 9.80 Å². The first-order chi connectivity index (χ1) is 9.72. The van der Waals surface area contributed by atoms with Crippen molar-refractivity contribution in [2.24, 2.45) is 0 Å². The minimum Gasteiger partial charge on any atom is -0.289 e. The summed E-state index contributed by atoms with van der Waals surface area (Å²) in [5, 5.41) is 0. The minimum absolute atomic E-state index is 0.681. The van der Waals surface area contributed by atoms with Gasteiger partial charge in [0.2, 0.25) is 0 Å². The van der Waals surface area contributed by atoms with Crippen molar-refractivity contribution in [3.05, 3.63) is 35.4 Å². The molecule has 0 radical (unpaired) electrons. The van der Waals surface area contributed by atoms with Crippen LogP contribution >= 0.6 is 0 Å². The summed E-state index contributed by atoms with van der Waals surface area (Å²) in [6.45, 7) is 12.8. The Morgan fingerprint density at radius 3 is 2.40 bits per heavy atom. The maximum Gasteiger partial charge on any atom is 0.0510 e. The van der Waals surface area contributed by atoms with E-state index in [-0.39, 0.29) is 0 Å². The molecule has 2 rings (SSSR count). The fourth-order valence-electron chi connectivity index (χ4n) is 2.85. The molecule has 1 aromatic rings. The molecule has 1 saturated heterocycles. The minimum atomic E-state index is 0.681. The molecule has 0 spiro atoms. The van der Waals surface area contributed by atoms with Gasteiger partial charge < -0.3 is 0 Å². The molecule has 0 saturated carbocycles. The molecule has 1 aliphatic heterocycles. The van der Waals surface area contributed by atoms with Crippen LogP contribution in [0.5, 0.6) is 0 Å². The number of benzene rings is 1. The van der Waals surface area contributed by atoms with E-state index in [2.05, 4.69) is 54.8 Å². The molecular formula is C18H30N2. The second-order valence-electron chi connectivity index (χ2n) is 6.22. The van der Waals surface area contributed by atoms with E-state index in [1.165, 1.54) is 50.0 Å². The highest BCUT2D eigenvalue weighted by atomic mass is 15.4. The third-order valence-corrected chi connectivity index (χ3v) is 4.53. The van der Waals surface area contributed by atoms with Gasteiger partial charge in [0.05, 0.1) is 6.67 Å². The van der Waals surface area contributed by atoms with Crippen LogP contribution in [0.2, 0.25) is 0 Å². The van der Waals surface area contributed by atoms with Crippen molar-refractivity contribution in [1.82, 2.24) is 9.80 Å². The summed E-state index contributed by atoms with van der Waals surface area (Å²) >= 11 is 0. The molecule has 0 aliphatic carbocycles.